The number of carbonyl (C=O) groups excluding carboxylic acids is 1. The van der Waals surface area contributed by atoms with Crippen LogP contribution in [-0.2, 0) is 30.8 Å². The molecule has 1 amide bonds. The number of anilines is 1. The van der Waals surface area contributed by atoms with Crippen LogP contribution in [0.3, 0.4) is 0 Å². The molecule has 1 fully saturated rings. The molecule has 0 spiro atoms. The minimum absolute atomic E-state index is 0.0668. The van der Waals surface area contributed by atoms with Crippen molar-refractivity contribution >= 4 is 39.4 Å². The van der Waals surface area contributed by atoms with E-state index in [4.69, 9.17) is 35.7 Å². The zero-order valence-electron chi connectivity index (χ0n) is 26.3. The molecule has 1 aliphatic heterocycles. The zero-order chi connectivity index (χ0) is 38.4. The average Bonchev–Trinajstić information content (AvgIpc) is 3.06. The first-order chi connectivity index (χ1) is 23.7. The monoisotopic (exact) mass is 749 g/mol. The molecule has 51 heavy (non-hydrogen) atoms. The van der Waals surface area contributed by atoms with Crippen LogP contribution in [0.15, 0.2) is 83.8 Å². The SMILES string of the molecule is N=C(N)c1cccc(NC(=O)[C@H](Cc2ccc(OC3CCNCC3)cc2)NS(=O)(=O)c2ccccc2)c1.O=C(O)C(F)(F)F.O=C(O)C(F)(F)F. The van der Waals surface area contributed by atoms with Crippen LogP contribution in [0.4, 0.5) is 32.0 Å². The molecule has 1 atom stereocenters. The van der Waals surface area contributed by atoms with Crippen LogP contribution in [0.2, 0.25) is 0 Å². The van der Waals surface area contributed by atoms with Crippen LogP contribution in [-0.4, -0.2) is 79.9 Å². The molecule has 0 saturated carbocycles. The van der Waals surface area contributed by atoms with Crippen LogP contribution >= 0.6 is 0 Å². The standard InChI is InChI=1S/C27H31N5O4S.2C2HF3O2/c28-26(29)20-5-4-6-21(18-20)31-27(33)25(32-37(34,35)24-7-2-1-3-8-24)17-19-9-11-22(12-10-19)36-23-13-15-30-16-14-23;2*3-2(4,5)1(6)7/h1-12,18,23,25,30,32H,13-17H2,(H3,28,29)(H,31,33);2*(H,6,7)/t25-;;/m0../s1. The van der Waals surface area contributed by atoms with Gasteiger partial charge in [-0.05, 0) is 74.3 Å². The van der Waals surface area contributed by atoms with E-state index in [2.05, 4.69) is 15.4 Å². The fourth-order valence-electron chi connectivity index (χ4n) is 4.08. The fourth-order valence-corrected chi connectivity index (χ4v) is 5.30. The number of nitrogens with two attached hydrogens (primary N) is 1. The summed E-state index contributed by atoms with van der Waals surface area (Å²) in [6.07, 6.45) is -8.00. The van der Waals surface area contributed by atoms with E-state index in [1.165, 1.54) is 12.1 Å². The summed E-state index contributed by atoms with van der Waals surface area (Å²) in [5.41, 5.74) is 7.19. The van der Waals surface area contributed by atoms with Crippen molar-refractivity contribution in [2.24, 2.45) is 5.73 Å². The molecule has 1 heterocycles. The van der Waals surface area contributed by atoms with Crippen molar-refractivity contribution in [1.82, 2.24) is 10.0 Å². The van der Waals surface area contributed by atoms with Crippen molar-refractivity contribution in [2.75, 3.05) is 18.4 Å². The van der Waals surface area contributed by atoms with Gasteiger partial charge in [-0.2, -0.15) is 31.1 Å². The predicted octanol–water partition coefficient (Wildman–Crippen LogP) is 3.90. The summed E-state index contributed by atoms with van der Waals surface area (Å²) in [5, 5.41) is 27.9. The van der Waals surface area contributed by atoms with Gasteiger partial charge in [0.25, 0.3) is 0 Å². The number of hydrogen-bond acceptors (Lipinski definition) is 8. The highest BCUT2D eigenvalue weighted by Crippen LogP contribution is 2.20. The fraction of sp³-hybridized carbons (Fsp3) is 0.290. The number of hydrogen-bond donors (Lipinski definition) is 7. The van der Waals surface area contributed by atoms with Gasteiger partial charge in [0.2, 0.25) is 15.9 Å². The van der Waals surface area contributed by atoms with Crippen LogP contribution in [0.25, 0.3) is 0 Å². The van der Waals surface area contributed by atoms with Gasteiger partial charge >= 0.3 is 24.3 Å². The molecule has 0 aromatic heterocycles. The number of ether oxygens (including phenoxy) is 1. The molecule has 3 aromatic rings. The number of halogens is 6. The maximum Gasteiger partial charge on any atom is 0.490 e. The van der Waals surface area contributed by atoms with Gasteiger partial charge in [0.05, 0.1) is 4.90 Å². The molecule has 278 valence electrons. The number of aliphatic carboxylic acids is 2. The number of piperidine rings is 1. The lowest BCUT2D eigenvalue weighted by Gasteiger charge is -2.24. The number of carboxylic acids is 2. The molecular formula is C31H33F6N5O8S. The van der Waals surface area contributed by atoms with E-state index in [1.807, 2.05) is 24.3 Å². The minimum atomic E-state index is -5.08. The molecule has 0 radical (unpaired) electrons. The summed E-state index contributed by atoms with van der Waals surface area (Å²) in [4.78, 5) is 31.1. The van der Waals surface area contributed by atoms with Gasteiger partial charge in [0, 0.05) is 11.3 Å². The second kappa shape index (κ2) is 18.7. The van der Waals surface area contributed by atoms with Gasteiger partial charge < -0.3 is 31.3 Å². The maximum atomic E-state index is 13.3. The Bertz CT molecular complexity index is 1710. The average molecular weight is 750 g/mol. The smallest absolute Gasteiger partial charge is 0.490 e. The van der Waals surface area contributed by atoms with Crippen molar-refractivity contribution in [2.45, 2.75) is 48.7 Å². The van der Waals surface area contributed by atoms with Gasteiger partial charge in [-0.15, -0.1) is 0 Å². The van der Waals surface area contributed by atoms with Crippen LogP contribution in [0, 0.1) is 5.41 Å². The molecule has 1 aliphatic rings. The molecule has 0 bridgehead atoms. The van der Waals surface area contributed by atoms with Crippen molar-refractivity contribution in [3.05, 3.63) is 90.0 Å². The minimum Gasteiger partial charge on any atom is -0.490 e. The van der Waals surface area contributed by atoms with Crippen molar-refractivity contribution < 1.29 is 64.1 Å². The second-order valence-electron chi connectivity index (χ2n) is 10.5. The number of amides is 1. The molecule has 4 rings (SSSR count). The molecule has 20 heteroatoms. The molecule has 1 saturated heterocycles. The van der Waals surface area contributed by atoms with Crippen LogP contribution in [0.1, 0.15) is 24.0 Å². The highest BCUT2D eigenvalue weighted by molar-refractivity contribution is 7.89. The summed E-state index contributed by atoms with van der Waals surface area (Å²) >= 11 is 0. The Morgan fingerprint density at radius 3 is 1.90 bits per heavy atom. The topological polar surface area (TPSA) is 221 Å². The zero-order valence-corrected chi connectivity index (χ0v) is 27.1. The Balaban J connectivity index is 0.000000543. The summed E-state index contributed by atoms with van der Waals surface area (Å²) in [5.74, 6) is -5.44. The van der Waals surface area contributed by atoms with E-state index in [0.717, 1.165) is 37.2 Å². The quantitative estimate of drug-likeness (QED) is 0.0900. The molecule has 13 nitrogen and oxygen atoms in total. The molecular weight excluding hydrogens is 716 g/mol. The lowest BCUT2D eigenvalue weighted by Crippen LogP contribution is -2.45. The summed E-state index contributed by atoms with van der Waals surface area (Å²) in [6, 6.07) is 20.7. The van der Waals surface area contributed by atoms with Crippen molar-refractivity contribution in [1.29, 1.82) is 5.41 Å². The van der Waals surface area contributed by atoms with E-state index >= 15 is 0 Å². The lowest BCUT2D eigenvalue weighted by atomic mass is 10.1. The number of rotatable bonds is 10. The van der Waals surface area contributed by atoms with Crippen molar-refractivity contribution in [3.8, 4) is 5.75 Å². The Hall–Kier alpha value is -5.21. The summed E-state index contributed by atoms with van der Waals surface area (Å²) in [6.45, 7) is 1.85. The van der Waals surface area contributed by atoms with E-state index < -0.39 is 46.3 Å². The first kappa shape index (κ1) is 42.0. The van der Waals surface area contributed by atoms with Crippen molar-refractivity contribution in [3.63, 3.8) is 0 Å². The van der Waals surface area contributed by atoms with Crippen LogP contribution < -0.4 is 25.8 Å². The Kier molecular flexibility index (Phi) is 15.4. The van der Waals surface area contributed by atoms with E-state index in [-0.39, 0.29) is 23.3 Å². The molecule has 0 unspecified atom stereocenters. The van der Waals surface area contributed by atoms with Gasteiger partial charge in [0.15, 0.2) is 0 Å². The first-order valence-corrected chi connectivity index (χ1v) is 16.1. The number of amidine groups is 1. The summed E-state index contributed by atoms with van der Waals surface area (Å²) < 4.78 is 98.2. The Labute approximate surface area is 287 Å². The number of sulfonamides is 1. The normalized spacial score (nSPS) is 14.0. The largest absolute Gasteiger partial charge is 0.490 e. The number of carboxylic acid groups (broad SMARTS) is 2. The number of nitrogens with one attached hydrogen (secondary N) is 4. The number of benzene rings is 3. The van der Waals surface area contributed by atoms with Gasteiger partial charge in [-0.1, -0.05) is 42.5 Å². The summed E-state index contributed by atoms with van der Waals surface area (Å²) in [7, 11) is -3.96. The third kappa shape index (κ3) is 15.1. The third-order valence-electron chi connectivity index (χ3n) is 6.55. The second-order valence-corrected chi connectivity index (χ2v) is 12.2. The van der Waals surface area contributed by atoms with Crippen LogP contribution in [0.5, 0.6) is 5.75 Å². The molecule has 3 aromatic carbocycles. The predicted molar refractivity (Wildman–Crippen MR) is 171 cm³/mol. The Morgan fingerprint density at radius 2 is 1.41 bits per heavy atom. The van der Waals surface area contributed by atoms with Gasteiger partial charge in [0.1, 0.15) is 23.7 Å². The first-order valence-electron chi connectivity index (χ1n) is 14.6. The highest BCUT2D eigenvalue weighted by atomic mass is 32.2. The molecule has 8 N–H and O–H groups in total. The van der Waals surface area contributed by atoms with E-state index in [9.17, 15) is 39.6 Å². The Morgan fingerprint density at radius 1 is 0.882 bits per heavy atom. The van der Waals surface area contributed by atoms with Gasteiger partial charge in [-0.25, -0.2) is 18.0 Å². The lowest BCUT2D eigenvalue weighted by molar-refractivity contribution is -0.193. The number of nitrogen functional groups attached to an aromatic ring is 1. The third-order valence-corrected chi connectivity index (χ3v) is 8.03. The molecule has 0 aliphatic carbocycles. The van der Waals surface area contributed by atoms with E-state index in [0.29, 0.717) is 11.3 Å². The number of carbonyl (C=O) groups is 3. The highest BCUT2D eigenvalue weighted by Gasteiger charge is 2.39. The van der Waals surface area contributed by atoms with E-state index in [1.54, 1.807) is 42.5 Å². The number of alkyl halides is 6. The van der Waals surface area contributed by atoms with Gasteiger partial charge in [-0.3, -0.25) is 10.2 Å². The maximum absolute atomic E-state index is 13.3.